The van der Waals surface area contributed by atoms with Crippen LogP contribution in [0.4, 0.5) is 0 Å². The Balaban J connectivity index is 0.000000490. The predicted octanol–water partition coefficient (Wildman–Crippen LogP) is 0.0720. The molecule has 1 rings (SSSR count). The van der Waals surface area contributed by atoms with Gasteiger partial charge in [0, 0.05) is 27.0 Å². The SMILES string of the molecule is O=C(O)C1C[N-]C1.[W]. The summed E-state index contributed by atoms with van der Waals surface area (Å²) in [4.78, 5) is 9.92. The van der Waals surface area contributed by atoms with Crippen LogP contribution in [-0.2, 0) is 25.9 Å². The summed E-state index contributed by atoms with van der Waals surface area (Å²) < 4.78 is 0. The van der Waals surface area contributed by atoms with E-state index in [4.69, 9.17) is 5.11 Å². The largest absolute Gasteiger partial charge is 0.661 e. The quantitative estimate of drug-likeness (QED) is 0.741. The minimum Gasteiger partial charge on any atom is -0.661 e. The average molecular weight is 284 g/mol. The Morgan fingerprint density at radius 3 is 2.12 bits per heavy atom. The molecule has 46 valence electrons. The molecule has 0 aromatic carbocycles. The Labute approximate surface area is 61.7 Å². The molecule has 1 aliphatic rings. The van der Waals surface area contributed by atoms with Crippen molar-refractivity contribution >= 4 is 5.97 Å². The van der Waals surface area contributed by atoms with Gasteiger partial charge in [-0.05, 0) is 0 Å². The van der Waals surface area contributed by atoms with Gasteiger partial charge in [0.2, 0.25) is 0 Å². The normalized spacial score (nSPS) is 18.5. The van der Waals surface area contributed by atoms with Crippen molar-refractivity contribution in [2.24, 2.45) is 5.92 Å². The van der Waals surface area contributed by atoms with E-state index >= 15 is 0 Å². The van der Waals surface area contributed by atoms with Gasteiger partial charge < -0.3 is 10.4 Å². The molecule has 0 aromatic heterocycles. The summed E-state index contributed by atoms with van der Waals surface area (Å²) in [6, 6.07) is 0. The van der Waals surface area contributed by atoms with E-state index in [-0.39, 0.29) is 27.0 Å². The summed E-state index contributed by atoms with van der Waals surface area (Å²) in [5.74, 6) is -0.880. The van der Waals surface area contributed by atoms with E-state index in [1.54, 1.807) is 0 Å². The van der Waals surface area contributed by atoms with Crippen LogP contribution in [0.1, 0.15) is 0 Å². The van der Waals surface area contributed by atoms with Crippen LogP contribution in [0.2, 0.25) is 0 Å². The maximum atomic E-state index is 9.92. The first-order valence-corrected chi connectivity index (χ1v) is 2.17. The Morgan fingerprint density at radius 2 is 2.12 bits per heavy atom. The fourth-order valence-corrected chi connectivity index (χ4v) is 0.414. The van der Waals surface area contributed by atoms with Crippen molar-refractivity contribution in [2.45, 2.75) is 0 Å². The number of carbonyl (C=O) groups is 1. The van der Waals surface area contributed by atoms with Crippen molar-refractivity contribution in [2.75, 3.05) is 13.1 Å². The molecule has 0 aromatic rings. The van der Waals surface area contributed by atoms with Crippen LogP contribution < -0.4 is 0 Å². The minimum absolute atomic E-state index is 0. The molecule has 1 saturated heterocycles. The van der Waals surface area contributed by atoms with Crippen molar-refractivity contribution in [3.8, 4) is 0 Å². The maximum Gasteiger partial charge on any atom is 0.302 e. The molecule has 0 bridgehead atoms. The molecule has 1 fully saturated rings. The van der Waals surface area contributed by atoms with Crippen LogP contribution in [0.3, 0.4) is 0 Å². The summed E-state index contributed by atoms with van der Waals surface area (Å²) in [6.07, 6.45) is 0. The standard InChI is InChI=1S/C4H6NO2.W/c6-4(7)3-1-5-2-3;/h3H,1-2H2,(H,6,7);/q-1;. The predicted molar refractivity (Wildman–Crippen MR) is 24.2 cm³/mol. The van der Waals surface area contributed by atoms with Crippen LogP contribution in [0.25, 0.3) is 5.32 Å². The zero-order valence-corrected chi connectivity index (χ0v) is 7.14. The average Bonchev–Trinajstić information content (AvgIpc) is 1.23. The first-order chi connectivity index (χ1) is 3.30. The van der Waals surface area contributed by atoms with Crippen LogP contribution in [0.15, 0.2) is 0 Å². The zero-order valence-electron chi connectivity index (χ0n) is 4.20. The monoisotopic (exact) mass is 284 g/mol. The molecule has 0 radical (unpaired) electrons. The maximum absolute atomic E-state index is 9.92. The summed E-state index contributed by atoms with van der Waals surface area (Å²) in [6.45, 7) is 1.05. The van der Waals surface area contributed by atoms with Gasteiger partial charge in [0.1, 0.15) is 0 Å². The molecule has 1 heterocycles. The molecule has 0 saturated carbocycles. The van der Waals surface area contributed by atoms with Crippen molar-refractivity contribution in [3.63, 3.8) is 0 Å². The number of rotatable bonds is 1. The third-order valence-electron chi connectivity index (χ3n) is 1.05. The molecule has 8 heavy (non-hydrogen) atoms. The van der Waals surface area contributed by atoms with Crippen LogP contribution in [-0.4, -0.2) is 24.2 Å². The molecular weight excluding hydrogens is 278 g/mol. The molecular formula is C4H6NO2W-. The second-order valence-electron chi connectivity index (χ2n) is 1.62. The zero-order chi connectivity index (χ0) is 5.28. The van der Waals surface area contributed by atoms with Crippen molar-refractivity contribution < 1.29 is 31.0 Å². The number of carboxylic acids is 1. The van der Waals surface area contributed by atoms with Gasteiger partial charge >= 0.3 is 5.97 Å². The number of hydrogen-bond acceptors (Lipinski definition) is 1. The van der Waals surface area contributed by atoms with E-state index in [0.717, 1.165) is 0 Å². The number of nitrogens with zero attached hydrogens (tertiary/aromatic N) is 1. The molecule has 0 amide bonds. The van der Waals surface area contributed by atoms with Gasteiger partial charge in [0.25, 0.3) is 0 Å². The van der Waals surface area contributed by atoms with Gasteiger partial charge in [-0.2, -0.15) is 0 Å². The van der Waals surface area contributed by atoms with Crippen LogP contribution in [0.5, 0.6) is 0 Å². The molecule has 1 aliphatic heterocycles. The van der Waals surface area contributed by atoms with Gasteiger partial charge in [-0.1, -0.05) is 0 Å². The molecule has 0 unspecified atom stereocenters. The third-order valence-corrected chi connectivity index (χ3v) is 1.05. The Morgan fingerprint density at radius 1 is 1.62 bits per heavy atom. The minimum atomic E-state index is -0.713. The smallest absolute Gasteiger partial charge is 0.302 e. The fraction of sp³-hybridized carbons (Fsp3) is 0.750. The van der Waals surface area contributed by atoms with Crippen molar-refractivity contribution in [1.82, 2.24) is 0 Å². The van der Waals surface area contributed by atoms with E-state index in [2.05, 4.69) is 5.32 Å². The summed E-state index contributed by atoms with van der Waals surface area (Å²) >= 11 is 0. The Kier molecular flexibility index (Phi) is 3.25. The van der Waals surface area contributed by atoms with Gasteiger partial charge in [0.15, 0.2) is 0 Å². The first kappa shape index (κ1) is 8.12. The van der Waals surface area contributed by atoms with E-state index < -0.39 is 5.97 Å². The van der Waals surface area contributed by atoms with E-state index in [9.17, 15) is 4.79 Å². The van der Waals surface area contributed by atoms with E-state index in [1.165, 1.54) is 0 Å². The van der Waals surface area contributed by atoms with Crippen molar-refractivity contribution in [1.29, 1.82) is 0 Å². The van der Waals surface area contributed by atoms with Crippen molar-refractivity contribution in [3.05, 3.63) is 5.32 Å². The second-order valence-corrected chi connectivity index (χ2v) is 1.62. The van der Waals surface area contributed by atoms with Crippen LogP contribution >= 0.6 is 0 Å². The molecule has 3 nitrogen and oxygen atoms in total. The molecule has 1 N–H and O–H groups in total. The summed E-state index contributed by atoms with van der Waals surface area (Å²) in [7, 11) is 0. The van der Waals surface area contributed by atoms with Gasteiger partial charge in [-0.25, -0.2) is 0 Å². The van der Waals surface area contributed by atoms with Gasteiger partial charge in [-0.15, -0.1) is 13.1 Å². The topological polar surface area (TPSA) is 51.4 Å². The number of hydrogen-bond donors (Lipinski definition) is 1. The molecule has 0 spiro atoms. The van der Waals surface area contributed by atoms with Gasteiger partial charge in [-0.3, -0.25) is 4.79 Å². The Bertz CT molecular complexity index is 92.0. The third kappa shape index (κ3) is 1.57. The fourth-order valence-electron chi connectivity index (χ4n) is 0.414. The first-order valence-electron chi connectivity index (χ1n) is 2.17. The molecule has 4 heteroatoms. The van der Waals surface area contributed by atoms with Crippen LogP contribution in [0, 0.1) is 5.92 Å². The summed E-state index contributed by atoms with van der Waals surface area (Å²) in [5, 5.41) is 11.9. The van der Waals surface area contributed by atoms with E-state index in [1.807, 2.05) is 0 Å². The number of carboxylic acid groups (broad SMARTS) is 1. The number of aliphatic carboxylic acids is 1. The Hall–Kier alpha value is 0.118. The summed E-state index contributed by atoms with van der Waals surface area (Å²) in [5.41, 5.74) is 0. The van der Waals surface area contributed by atoms with E-state index in [0.29, 0.717) is 13.1 Å². The second kappa shape index (κ2) is 3.20. The van der Waals surface area contributed by atoms with Gasteiger partial charge in [0.05, 0.1) is 0 Å². The molecule has 0 aliphatic carbocycles. The molecule has 0 atom stereocenters.